The summed E-state index contributed by atoms with van der Waals surface area (Å²) < 4.78 is 37.6. The second-order valence-corrected chi connectivity index (χ2v) is 9.46. The van der Waals surface area contributed by atoms with Gasteiger partial charge in [0, 0.05) is 6.54 Å². The van der Waals surface area contributed by atoms with E-state index in [1.165, 1.54) is 0 Å². The van der Waals surface area contributed by atoms with Gasteiger partial charge in [0.25, 0.3) is 0 Å². The number of carboxylic acids is 1. The number of hydrogen-bond donors (Lipinski definition) is 2. The van der Waals surface area contributed by atoms with Crippen molar-refractivity contribution in [2.75, 3.05) is 26.2 Å². The van der Waals surface area contributed by atoms with Crippen molar-refractivity contribution in [3.05, 3.63) is 101 Å². The molecule has 0 radical (unpaired) electrons. The number of halogens is 4. The first-order chi connectivity index (χ1) is 18.1. The van der Waals surface area contributed by atoms with Crippen LogP contribution in [0.5, 0.6) is 5.75 Å². The number of benzene rings is 3. The van der Waals surface area contributed by atoms with Gasteiger partial charge in [0.05, 0.1) is 11.6 Å². The lowest BCUT2D eigenvalue weighted by Crippen LogP contribution is -2.44. The summed E-state index contributed by atoms with van der Waals surface area (Å²) in [5, 5.41) is 19.8. The minimum atomic E-state index is -5.08. The molecule has 0 aliphatic carbocycles. The highest BCUT2D eigenvalue weighted by molar-refractivity contribution is 6.32. The molecule has 1 saturated heterocycles. The number of aliphatic carboxylic acids is 1. The van der Waals surface area contributed by atoms with Gasteiger partial charge in [-0.05, 0) is 61.5 Å². The Hall–Kier alpha value is -3.07. The summed E-state index contributed by atoms with van der Waals surface area (Å²) in [5.74, 6) is -1.82. The predicted molar refractivity (Wildman–Crippen MR) is 140 cm³/mol. The number of para-hydroxylation sites is 1. The molecule has 5 nitrogen and oxygen atoms in total. The van der Waals surface area contributed by atoms with E-state index in [1.54, 1.807) is 0 Å². The van der Waals surface area contributed by atoms with Gasteiger partial charge < -0.3 is 19.8 Å². The van der Waals surface area contributed by atoms with E-state index < -0.39 is 17.7 Å². The van der Waals surface area contributed by atoms with E-state index in [0.717, 1.165) is 55.8 Å². The van der Waals surface area contributed by atoms with Crippen molar-refractivity contribution >= 4 is 17.6 Å². The summed E-state index contributed by atoms with van der Waals surface area (Å²) in [5.41, 5.74) is 1.00. The Bertz CT molecular complexity index is 1100. The van der Waals surface area contributed by atoms with E-state index in [1.807, 2.05) is 84.9 Å². The first-order valence-electron chi connectivity index (χ1n) is 12.4. The van der Waals surface area contributed by atoms with Crippen molar-refractivity contribution in [3.8, 4) is 5.75 Å². The van der Waals surface area contributed by atoms with Gasteiger partial charge in [-0.3, -0.25) is 0 Å². The quantitative estimate of drug-likeness (QED) is 0.319. The number of hydrogen-bond acceptors (Lipinski definition) is 4. The fraction of sp³-hybridized carbons (Fsp3) is 0.345. The molecule has 2 N–H and O–H groups in total. The molecule has 204 valence electrons. The lowest BCUT2D eigenvalue weighted by molar-refractivity contribution is -0.192. The number of carboxylic acid groups (broad SMARTS) is 1. The average molecular weight is 550 g/mol. The molecule has 3 aromatic rings. The van der Waals surface area contributed by atoms with Crippen molar-refractivity contribution in [3.63, 3.8) is 0 Å². The molecule has 0 amide bonds. The minimum Gasteiger partial charge on any atom is -0.492 e. The third-order valence-corrected chi connectivity index (χ3v) is 6.87. The van der Waals surface area contributed by atoms with E-state index in [2.05, 4.69) is 4.90 Å². The Kier molecular flexibility index (Phi) is 10.6. The van der Waals surface area contributed by atoms with Crippen molar-refractivity contribution < 1.29 is 32.9 Å². The summed E-state index contributed by atoms with van der Waals surface area (Å²) in [7, 11) is 0. The number of alkyl halides is 3. The average Bonchev–Trinajstić information content (AvgIpc) is 2.93. The Labute approximate surface area is 225 Å². The second-order valence-electron chi connectivity index (χ2n) is 9.05. The van der Waals surface area contributed by atoms with E-state index in [4.69, 9.17) is 26.2 Å². The fourth-order valence-electron chi connectivity index (χ4n) is 4.63. The van der Waals surface area contributed by atoms with E-state index in [-0.39, 0.29) is 5.92 Å². The molecule has 0 aromatic heterocycles. The third kappa shape index (κ3) is 7.96. The second kappa shape index (κ2) is 13.6. The van der Waals surface area contributed by atoms with Crippen LogP contribution >= 0.6 is 11.6 Å². The SMILES string of the molecule is O=C(O)C(F)(F)F.OC(c1ccccc1)(c1ccccc1)C1CCN(CCCOc2ccccc2Cl)CC1. The lowest BCUT2D eigenvalue weighted by atomic mass is 9.72. The van der Waals surface area contributed by atoms with Crippen molar-refractivity contribution in [1.82, 2.24) is 4.90 Å². The molecule has 0 atom stereocenters. The van der Waals surface area contributed by atoms with Crippen LogP contribution in [-0.4, -0.2) is 53.5 Å². The fourth-order valence-corrected chi connectivity index (χ4v) is 4.82. The molecule has 1 heterocycles. The van der Waals surface area contributed by atoms with Gasteiger partial charge in [-0.15, -0.1) is 0 Å². The zero-order valence-corrected chi connectivity index (χ0v) is 21.5. The molecule has 3 aromatic carbocycles. The Morgan fingerprint density at radius 1 is 0.895 bits per heavy atom. The van der Waals surface area contributed by atoms with E-state index in [9.17, 15) is 18.3 Å². The van der Waals surface area contributed by atoms with Crippen molar-refractivity contribution in [2.45, 2.75) is 31.0 Å². The maximum Gasteiger partial charge on any atom is 0.490 e. The Balaban J connectivity index is 0.000000505. The zero-order valence-electron chi connectivity index (χ0n) is 20.8. The van der Waals surface area contributed by atoms with Crippen LogP contribution in [-0.2, 0) is 10.4 Å². The summed E-state index contributed by atoms with van der Waals surface area (Å²) in [6.45, 7) is 3.62. The molecule has 0 spiro atoms. The summed E-state index contributed by atoms with van der Waals surface area (Å²) >= 11 is 6.15. The van der Waals surface area contributed by atoms with Crippen molar-refractivity contribution in [1.29, 1.82) is 0 Å². The summed E-state index contributed by atoms with van der Waals surface area (Å²) in [4.78, 5) is 11.4. The van der Waals surface area contributed by atoms with Crippen LogP contribution in [0.4, 0.5) is 13.2 Å². The molecular formula is C29H31ClF3NO4. The van der Waals surface area contributed by atoms with Gasteiger partial charge in [0.15, 0.2) is 0 Å². The van der Waals surface area contributed by atoms with Gasteiger partial charge in [0.2, 0.25) is 0 Å². The topological polar surface area (TPSA) is 70.0 Å². The maximum atomic E-state index is 12.0. The van der Waals surface area contributed by atoms with Crippen LogP contribution in [0.15, 0.2) is 84.9 Å². The number of likely N-dealkylation sites (tertiary alicyclic amines) is 1. The van der Waals surface area contributed by atoms with Crippen LogP contribution in [0.3, 0.4) is 0 Å². The number of carbonyl (C=O) groups is 1. The maximum absolute atomic E-state index is 12.0. The highest BCUT2D eigenvalue weighted by atomic mass is 35.5. The summed E-state index contributed by atoms with van der Waals surface area (Å²) in [6.07, 6.45) is -2.20. The first-order valence-corrected chi connectivity index (χ1v) is 12.7. The molecule has 1 aliphatic heterocycles. The molecule has 9 heteroatoms. The predicted octanol–water partition coefficient (Wildman–Crippen LogP) is 6.39. The number of aliphatic hydroxyl groups is 1. The molecule has 0 bridgehead atoms. The zero-order chi connectivity index (χ0) is 27.6. The van der Waals surface area contributed by atoms with Gasteiger partial charge in [-0.25, -0.2) is 4.79 Å². The molecule has 38 heavy (non-hydrogen) atoms. The van der Waals surface area contributed by atoms with E-state index >= 15 is 0 Å². The Morgan fingerprint density at radius 2 is 1.37 bits per heavy atom. The van der Waals surface area contributed by atoms with Gasteiger partial charge in [-0.2, -0.15) is 13.2 Å². The number of ether oxygens (including phenoxy) is 1. The third-order valence-electron chi connectivity index (χ3n) is 6.56. The molecule has 0 unspecified atom stereocenters. The van der Waals surface area contributed by atoms with Crippen LogP contribution in [0.1, 0.15) is 30.4 Å². The monoisotopic (exact) mass is 549 g/mol. The van der Waals surface area contributed by atoms with Crippen LogP contribution in [0.2, 0.25) is 5.02 Å². The van der Waals surface area contributed by atoms with Crippen LogP contribution in [0.25, 0.3) is 0 Å². The Morgan fingerprint density at radius 3 is 1.84 bits per heavy atom. The normalized spacial score (nSPS) is 14.9. The number of nitrogens with zero attached hydrogens (tertiary/aromatic N) is 1. The molecule has 0 saturated carbocycles. The standard InChI is InChI=1S/C27H30ClNO2.C2HF3O2/c28-25-14-7-8-15-26(25)31-21-9-18-29-19-16-24(17-20-29)27(30,22-10-3-1-4-11-22)23-12-5-2-6-13-23;3-2(4,5)1(6)7/h1-8,10-15,24,30H,9,16-21H2;(H,6,7). The van der Waals surface area contributed by atoms with Gasteiger partial charge in [-0.1, -0.05) is 84.4 Å². The smallest absolute Gasteiger partial charge is 0.490 e. The lowest BCUT2D eigenvalue weighted by Gasteiger charge is -2.42. The first kappa shape index (κ1) is 29.5. The van der Waals surface area contributed by atoms with Crippen LogP contribution in [0, 0.1) is 5.92 Å². The van der Waals surface area contributed by atoms with Gasteiger partial charge in [0.1, 0.15) is 11.4 Å². The van der Waals surface area contributed by atoms with Crippen molar-refractivity contribution in [2.24, 2.45) is 5.92 Å². The molecule has 4 rings (SSSR count). The highest BCUT2D eigenvalue weighted by Crippen LogP contribution is 2.41. The van der Waals surface area contributed by atoms with E-state index in [0.29, 0.717) is 11.6 Å². The molecular weight excluding hydrogens is 519 g/mol. The van der Waals surface area contributed by atoms with Crippen LogP contribution < -0.4 is 4.74 Å². The largest absolute Gasteiger partial charge is 0.492 e. The highest BCUT2D eigenvalue weighted by Gasteiger charge is 2.41. The molecule has 1 aliphatic rings. The summed E-state index contributed by atoms with van der Waals surface area (Å²) in [6, 6.07) is 27.8. The molecule has 1 fully saturated rings. The van der Waals surface area contributed by atoms with Gasteiger partial charge >= 0.3 is 12.1 Å². The number of piperidine rings is 1. The number of rotatable bonds is 8. The minimum absolute atomic E-state index is 0.188.